The monoisotopic (exact) mass is 1030 g/mol. The van der Waals surface area contributed by atoms with E-state index in [-0.39, 0.29) is 39.8 Å². The van der Waals surface area contributed by atoms with E-state index in [1.807, 2.05) is 0 Å². The van der Waals surface area contributed by atoms with Gasteiger partial charge in [0.2, 0.25) is 26.0 Å². The van der Waals surface area contributed by atoms with E-state index in [1.165, 1.54) is 24.3 Å². The summed E-state index contributed by atoms with van der Waals surface area (Å²) in [7, 11) is -7.73. The Hall–Kier alpha value is -6.28. The van der Waals surface area contributed by atoms with Crippen molar-refractivity contribution in [3.63, 3.8) is 0 Å². The zero-order valence-corrected chi connectivity index (χ0v) is 39.0. The molecule has 2 amide bonds. The first kappa shape index (κ1) is 48.7. The summed E-state index contributed by atoms with van der Waals surface area (Å²) in [4.78, 5) is 57.5. The molecule has 6 N–H and O–H groups in total. The smallest absolute Gasteiger partial charge is 0.252 e. The number of nitrogens with one attached hydrogen (secondary N) is 2. The number of hydrogen-bond donors (Lipinski definition) is 4. The summed E-state index contributed by atoms with van der Waals surface area (Å²) < 4.78 is 48.9. The maximum atomic E-state index is 12.5. The van der Waals surface area contributed by atoms with Crippen LogP contribution in [-0.4, -0.2) is 50.2 Å². The van der Waals surface area contributed by atoms with Crippen LogP contribution in [0.4, 0.5) is 11.6 Å². The first-order valence-corrected chi connectivity index (χ1v) is 23.6. The highest BCUT2D eigenvalue weighted by Gasteiger charge is 2.17. The number of aromatic nitrogens is 2. The van der Waals surface area contributed by atoms with E-state index in [1.54, 1.807) is 135 Å². The molecule has 6 aromatic rings. The molecular formula is C46H40Br2N6O8S2. The molecule has 0 saturated carbocycles. The van der Waals surface area contributed by atoms with Crippen LogP contribution in [0.15, 0.2) is 176 Å². The van der Waals surface area contributed by atoms with E-state index < -0.39 is 31.9 Å². The third-order valence-electron chi connectivity index (χ3n) is 9.13. The van der Waals surface area contributed by atoms with Crippen molar-refractivity contribution in [3.8, 4) is 22.3 Å². The van der Waals surface area contributed by atoms with Gasteiger partial charge in [-0.25, -0.2) is 37.1 Å². The maximum Gasteiger partial charge on any atom is 0.252 e. The van der Waals surface area contributed by atoms with Gasteiger partial charge in [0.05, 0.1) is 9.79 Å². The van der Waals surface area contributed by atoms with Crippen molar-refractivity contribution >= 4 is 86.9 Å². The molecule has 0 fully saturated rings. The molecule has 0 aliphatic heterocycles. The standard InChI is InChI=1S/2C23H20BrN3O4S/c1-15(23(29)27-22-11-10-18(24)14-26-22)12-19(28)13-16-6-8-17(9-7-16)20-4-2-3-5-21(20)32(25,30)31;1-15(12-23(29)27-22-11-10-18(24)14-26-22)20(28)13-16-6-8-17(9-7-16)19-4-2-3-5-21(19)32(25,30)31/h2*2-12,14H,13H2,1H3,(H2,25,30,31)(H,26,27,29)/b2*15-12-. The first-order valence-electron chi connectivity index (χ1n) is 19.0. The Morgan fingerprint density at radius 1 is 0.562 bits per heavy atom. The number of carbonyl (C=O) groups is 4. The normalized spacial score (nSPS) is 11.8. The van der Waals surface area contributed by atoms with Crippen LogP contribution in [0.1, 0.15) is 25.0 Å². The lowest BCUT2D eigenvalue weighted by Gasteiger charge is -2.09. The molecule has 328 valence electrons. The minimum atomic E-state index is -3.86. The number of sulfonamides is 2. The molecule has 0 aliphatic carbocycles. The predicted molar refractivity (Wildman–Crippen MR) is 253 cm³/mol. The van der Waals surface area contributed by atoms with Gasteiger partial charge in [0.25, 0.3) is 5.91 Å². The second-order valence-electron chi connectivity index (χ2n) is 14.0. The second-order valence-corrected chi connectivity index (χ2v) is 18.9. The highest BCUT2D eigenvalue weighted by molar-refractivity contribution is 9.10. The van der Waals surface area contributed by atoms with Crippen LogP contribution in [0.3, 0.4) is 0 Å². The Balaban J connectivity index is 0.000000241. The molecule has 0 aliphatic rings. The third kappa shape index (κ3) is 14.4. The average Bonchev–Trinajstić information content (AvgIpc) is 3.25. The fourth-order valence-electron chi connectivity index (χ4n) is 5.95. The lowest BCUT2D eigenvalue weighted by molar-refractivity contribution is -0.116. The van der Waals surface area contributed by atoms with Crippen molar-refractivity contribution < 1.29 is 36.0 Å². The van der Waals surface area contributed by atoms with Crippen LogP contribution < -0.4 is 20.9 Å². The number of anilines is 2. The van der Waals surface area contributed by atoms with Crippen LogP contribution in [0.2, 0.25) is 0 Å². The minimum Gasteiger partial charge on any atom is -0.307 e. The number of rotatable bonds is 14. The summed E-state index contributed by atoms with van der Waals surface area (Å²) in [6, 6.07) is 33.6. The number of primary sulfonamides is 2. The molecule has 0 saturated heterocycles. The van der Waals surface area contributed by atoms with Crippen molar-refractivity contribution in [1.82, 2.24) is 9.97 Å². The van der Waals surface area contributed by atoms with Gasteiger partial charge in [-0.05, 0) is 116 Å². The molecular weight excluding hydrogens is 988 g/mol. The molecule has 4 aromatic carbocycles. The number of allylic oxidation sites excluding steroid dienone is 2. The van der Waals surface area contributed by atoms with Crippen LogP contribution in [0.25, 0.3) is 22.3 Å². The second kappa shape index (κ2) is 21.9. The molecule has 18 heteroatoms. The Bertz CT molecular complexity index is 2980. The number of benzene rings is 4. The van der Waals surface area contributed by atoms with Crippen molar-refractivity contribution in [3.05, 3.63) is 177 Å². The minimum absolute atomic E-state index is 0.0358. The molecule has 0 atom stereocenters. The van der Waals surface area contributed by atoms with Gasteiger partial charge in [0.1, 0.15) is 11.6 Å². The molecule has 6 rings (SSSR count). The first-order chi connectivity index (χ1) is 30.3. The Morgan fingerprint density at radius 3 is 1.44 bits per heavy atom. The van der Waals surface area contributed by atoms with E-state index in [4.69, 9.17) is 10.3 Å². The summed E-state index contributed by atoms with van der Waals surface area (Å²) in [6.07, 6.45) is 5.84. The molecule has 0 spiro atoms. The Kier molecular flexibility index (Phi) is 16.7. The van der Waals surface area contributed by atoms with E-state index >= 15 is 0 Å². The van der Waals surface area contributed by atoms with Gasteiger partial charge in [-0.15, -0.1) is 0 Å². The predicted octanol–water partition coefficient (Wildman–Crippen LogP) is 7.71. The van der Waals surface area contributed by atoms with Crippen molar-refractivity contribution in [2.75, 3.05) is 10.6 Å². The van der Waals surface area contributed by atoms with Crippen LogP contribution in [0, 0.1) is 0 Å². The van der Waals surface area contributed by atoms with E-state index in [0.717, 1.165) is 20.1 Å². The van der Waals surface area contributed by atoms with Crippen LogP contribution >= 0.6 is 31.9 Å². The molecule has 0 radical (unpaired) electrons. The Labute approximate surface area is 387 Å². The molecule has 2 aromatic heterocycles. The summed E-state index contributed by atoms with van der Waals surface area (Å²) in [5.41, 5.74) is 4.34. The average molecular weight is 1030 g/mol. The molecule has 14 nitrogen and oxygen atoms in total. The lowest BCUT2D eigenvalue weighted by Crippen LogP contribution is -2.15. The van der Waals surface area contributed by atoms with Crippen molar-refractivity contribution in [2.45, 2.75) is 36.5 Å². The number of nitrogens with two attached hydrogens (primary N) is 2. The highest BCUT2D eigenvalue weighted by Crippen LogP contribution is 2.28. The van der Waals surface area contributed by atoms with Crippen molar-refractivity contribution in [2.24, 2.45) is 10.3 Å². The largest absolute Gasteiger partial charge is 0.307 e. The molecule has 64 heavy (non-hydrogen) atoms. The van der Waals surface area contributed by atoms with Crippen molar-refractivity contribution in [1.29, 1.82) is 0 Å². The molecule has 0 unspecified atom stereocenters. The van der Waals surface area contributed by atoms with Gasteiger partial charge in [0.15, 0.2) is 11.6 Å². The summed E-state index contributed by atoms with van der Waals surface area (Å²) in [6.45, 7) is 3.13. The summed E-state index contributed by atoms with van der Waals surface area (Å²) >= 11 is 6.54. The van der Waals surface area contributed by atoms with Gasteiger partial charge in [-0.3, -0.25) is 19.2 Å². The van der Waals surface area contributed by atoms with Gasteiger partial charge in [-0.2, -0.15) is 0 Å². The number of nitrogens with zero attached hydrogens (tertiary/aromatic N) is 2. The van der Waals surface area contributed by atoms with Crippen LogP contribution in [0.5, 0.6) is 0 Å². The number of ketones is 2. The maximum absolute atomic E-state index is 12.5. The van der Waals surface area contributed by atoms with E-state index in [0.29, 0.717) is 39.5 Å². The van der Waals surface area contributed by atoms with E-state index in [9.17, 15) is 36.0 Å². The fraction of sp³-hybridized carbons (Fsp3) is 0.0870. The third-order valence-corrected chi connectivity index (χ3v) is 12.0. The number of pyridine rings is 2. The van der Waals surface area contributed by atoms with E-state index in [2.05, 4.69) is 52.5 Å². The van der Waals surface area contributed by atoms with Gasteiger partial charge >= 0.3 is 0 Å². The zero-order chi connectivity index (χ0) is 46.6. The van der Waals surface area contributed by atoms with Gasteiger partial charge in [0, 0.05) is 57.0 Å². The zero-order valence-electron chi connectivity index (χ0n) is 34.2. The Morgan fingerprint density at radius 2 is 1.00 bits per heavy atom. The molecule has 0 bridgehead atoms. The number of amides is 2. The van der Waals surface area contributed by atoms with Crippen LogP contribution in [-0.2, 0) is 52.1 Å². The topological polar surface area (TPSA) is 238 Å². The highest BCUT2D eigenvalue weighted by atomic mass is 79.9. The lowest BCUT2D eigenvalue weighted by atomic mass is 10.00. The molecule has 2 heterocycles. The quantitative estimate of drug-likeness (QED) is 0.0775. The number of hydrogen-bond acceptors (Lipinski definition) is 10. The SMILES string of the molecule is C/C(=C/C(=O)Cc1ccc(-c2ccccc2S(N)(=O)=O)cc1)C(=O)Nc1ccc(Br)cn1.C/C(=C/C(=O)Nc1ccc(Br)cn1)C(=O)Cc1ccc(-c2ccccc2S(N)(=O)=O)cc1. The summed E-state index contributed by atoms with van der Waals surface area (Å²) in [5.74, 6) is -0.539. The van der Waals surface area contributed by atoms with Gasteiger partial charge in [-0.1, -0.05) is 84.9 Å². The van der Waals surface area contributed by atoms with Gasteiger partial charge < -0.3 is 10.6 Å². The summed E-state index contributed by atoms with van der Waals surface area (Å²) in [5, 5.41) is 15.8. The fourth-order valence-corrected chi connectivity index (χ4v) is 7.94. The number of Topliss-reactive ketones (excluding diaryl/α,β-unsaturated/α-hetero) is 1. The number of carbonyl (C=O) groups excluding carboxylic acids is 4. The number of halogens is 2.